The van der Waals surface area contributed by atoms with Crippen LogP contribution in [0.2, 0.25) is 5.02 Å². The van der Waals surface area contributed by atoms with E-state index in [0.29, 0.717) is 22.8 Å². The molecule has 0 radical (unpaired) electrons. The van der Waals surface area contributed by atoms with Crippen molar-refractivity contribution in [2.75, 3.05) is 18.9 Å². The molecule has 0 bridgehead atoms. The second-order valence-corrected chi connectivity index (χ2v) is 5.47. The molecule has 0 spiro atoms. The van der Waals surface area contributed by atoms with Gasteiger partial charge in [0, 0.05) is 19.2 Å². The van der Waals surface area contributed by atoms with E-state index < -0.39 is 5.41 Å². The average Bonchev–Trinajstić information content (AvgIpc) is 2.39. The third-order valence-corrected chi connectivity index (χ3v) is 4.22. The van der Waals surface area contributed by atoms with E-state index in [1.165, 1.54) is 0 Å². The molecule has 20 heavy (non-hydrogen) atoms. The Bertz CT molecular complexity index is 536. The minimum atomic E-state index is -0.480. The molecular formula is C14H18ClN3O2. The predicted molar refractivity (Wildman–Crippen MR) is 78.8 cm³/mol. The molecule has 1 aromatic rings. The topological polar surface area (TPSA) is 84.2 Å². The highest BCUT2D eigenvalue weighted by Crippen LogP contribution is 2.41. The number of carbonyl (C=O) groups excluding carboxylic acids is 2. The summed E-state index contributed by atoms with van der Waals surface area (Å²) in [5.74, 6) is -0.350. The standard InChI is InChI=1S/C14H18ClN3O2/c1-17-12(19)9-3-4-10(15)11(7-9)18-13(20)14(8-16)5-2-6-14/h3-4,7H,2,5-6,8,16H2,1H3,(H,17,19)(H,18,20). The number of hydrogen-bond donors (Lipinski definition) is 3. The molecule has 2 rings (SSSR count). The van der Waals surface area contributed by atoms with E-state index in [9.17, 15) is 9.59 Å². The van der Waals surface area contributed by atoms with E-state index in [4.69, 9.17) is 17.3 Å². The SMILES string of the molecule is CNC(=O)c1ccc(Cl)c(NC(=O)C2(CN)CCC2)c1. The number of hydrogen-bond acceptors (Lipinski definition) is 3. The van der Waals surface area contributed by atoms with E-state index >= 15 is 0 Å². The van der Waals surface area contributed by atoms with Crippen molar-refractivity contribution in [3.05, 3.63) is 28.8 Å². The monoisotopic (exact) mass is 295 g/mol. The molecule has 6 heteroatoms. The van der Waals surface area contributed by atoms with Gasteiger partial charge in [-0.15, -0.1) is 0 Å². The van der Waals surface area contributed by atoms with Crippen molar-refractivity contribution in [2.45, 2.75) is 19.3 Å². The van der Waals surface area contributed by atoms with Gasteiger partial charge < -0.3 is 16.4 Å². The number of nitrogens with one attached hydrogen (secondary N) is 2. The number of benzene rings is 1. The van der Waals surface area contributed by atoms with Crippen LogP contribution < -0.4 is 16.4 Å². The predicted octanol–water partition coefficient (Wildman–Crippen LogP) is 1.77. The third kappa shape index (κ3) is 2.64. The molecular weight excluding hydrogens is 278 g/mol. The van der Waals surface area contributed by atoms with Crippen LogP contribution in [-0.2, 0) is 4.79 Å². The largest absolute Gasteiger partial charge is 0.355 e. The van der Waals surface area contributed by atoms with Crippen LogP contribution in [-0.4, -0.2) is 25.4 Å². The Balaban J connectivity index is 2.20. The normalized spacial score (nSPS) is 16.1. The van der Waals surface area contributed by atoms with Crippen LogP contribution in [0.25, 0.3) is 0 Å². The molecule has 1 aromatic carbocycles. The highest BCUT2D eigenvalue weighted by Gasteiger charge is 2.42. The van der Waals surface area contributed by atoms with Gasteiger partial charge in [0.25, 0.3) is 5.91 Å². The molecule has 0 aliphatic heterocycles. The van der Waals surface area contributed by atoms with Gasteiger partial charge in [-0.25, -0.2) is 0 Å². The first-order valence-electron chi connectivity index (χ1n) is 6.55. The number of rotatable bonds is 4. The molecule has 0 saturated heterocycles. The molecule has 1 fully saturated rings. The Morgan fingerprint density at radius 1 is 1.40 bits per heavy atom. The molecule has 0 heterocycles. The summed E-state index contributed by atoms with van der Waals surface area (Å²) < 4.78 is 0. The lowest BCUT2D eigenvalue weighted by atomic mass is 9.68. The Hall–Kier alpha value is -1.59. The maximum absolute atomic E-state index is 12.3. The fourth-order valence-corrected chi connectivity index (χ4v) is 2.45. The second-order valence-electron chi connectivity index (χ2n) is 5.07. The zero-order valence-corrected chi connectivity index (χ0v) is 12.1. The smallest absolute Gasteiger partial charge is 0.251 e. The summed E-state index contributed by atoms with van der Waals surface area (Å²) in [5, 5.41) is 5.72. The molecule has 1 aliphatic rings. The fourth-order valence-electron chi connectivity index (χ4n) is 2.29. The Morgan fingerprint density at radius 2 is 2.10 bits per heavy atom. The van der Waals surface area contributed by atoms with Gasteiger partial charge in [-0.05, 0) is 31.0 Å². The van der Waals surface area contributed by atoms with Crippen molar-refractivity contribution < 1.29 is 9.59 Å². The Kier molecular flexibility index (Phi) is 4.30. The maximum Gasteiger partial charge on any atom is 0.251 e. The van der Waals surface area contributed by atoms with Gasteiger partial charge in [0.15, 0.2) is 0 Å². The molecule has 0 atom stereocenters. The average molecular weight is 296 g/mol. The summed E-state index contributed by atoms with van der Waals surface area (Å²) in [6.45, 7) is 0.325. The van der Waals surface area contributed by atoms with Crippen molar-refractivity contribution in [1.29, 1.82) is 0 Å². The molecule has 0 unspecified atom stereocenters. The summed E-state index contributed by atoms with van der Waals surface area (Å²) in [5.41, 5.74) is 6.11. The molecule has 1 aliphatic carbocycles. The zero-order valence-electron chi connectivity index (χ0n) is 11.3. The van der Waals surface area contributed by atoms with Crippen LogP contribution in [0, 0.1) is 5.41 Å². The van der Waals surface area contributed by atoms with E-state index in [1.807, 2.05) is 0 Å². The van der Waals surface area contributed by atoms with Crippen molar-refractivity contribution in [2.24, 2.45) is 11.1 Å². The fraction of sp³-hybridized carbons (Fsp3) is 0.429. The van der Waals surface area contributed by atoms with Crippen LogP contribution in [0.15, 0.2) is 18.2 Å². The van der Waals surface area contributed by atoms with Crippen molar-refractivity contribution >= 4 is 29.1 Å². The Morgan fingerprint density at radius 3 is 2.60 bits per heavy atom. The maximum atomic E-state index is 12.3. The molecule has 0 aromatic heterocycles. The molecule has 2 amide bonds. The van der Waals surface area contributed by atoms with E-state index in [2.05, 4.69) is 10.6 Å². The van der Waals surface area contributed by atoms with Gasteiger partial charge >= 0.3 is 0 Å². The lowest BCUT2D eigenvalue weighted by Gasteiger charge is -2.39. The molecule has 4 N–H and O–H groups in total. The quantitative estimate of drug-likeness (QED) is 0.791. The summed E-state index contributed by atoms with van der Waals surface area (Å²) in [7, 11) is 1.55. The summed E-state index contributed by atoms with van der Waals surface area (Å²) in [6.07, 6.45) is 2.60. The van der Waals surface area contributed by atoms with Gasteiger partial charge in [-0.3, -0.25) is 9.59 Å². The van der Waals surface area contributed by atoms with Gasteiger partial charge in [-0.1, -0.05) is 18.0 Å². The first kappa shape index (κ1) is 14.8. The van der Waals surface area contributed by atoms with E-state index in [-0.39, 0.29) is 11.8 Å². The summed E-state index contributed by atoms with van der Waals surface area (Å²) in [4.78, 5) is 23.9. The van der Waals surface area contributed by atoms with Crippen molar-refractivity contribution in [1.82, 2.24) is 5.32 Å². The highest BCUT2D eigenvalue weighted by atomic mass is 35.5. The van der Waals surface area contributed by atoms with Gasteiger partial charge in [0.1, 0.15) is 0 Å². The van der Waals surface area contributed by atoms with Crippen LogP contribution >= 0.6 is 11.6 Å². The highest BCUT2D eigenvalue weighted by molar-refractivity contribution is 6.34. The molecule has 5 nitrogen and oxygen atoms in total. The zero-order chi connectivity index (χ0) is 14.8. The Labute approximate surface area is 122 Å². The third-order valence-electron chi connectivity index (χ3n) is 3.89. The van der Waals surface area contributed by atoms with Crippen LogP contribution in [0.3, 0.4) is 0 Å². The molecule has 1 saturated carbocycles. The van der Waals surface area contributed by atoms with E-state index in [1.54, 1.807) is 25.2 Å². The number of amides is 2. The van der Waals surface area contributed by atoms with E-state index in [0.717, 1.165) is 19.3 Å². The number of nitrogens with two attached hydrogens (primary N) is 1. The van der Waals surface area contributed by atoms with Gasteiger partial charge in [-0.2, -0.15) is 0 Å². The van der Waals surface area contributed by atoms with Gasteiger partial charge in [0.05, 0.1) is 16.1 Å². The van der Waals surface area contributed by atoms with Crippen molar-refractivity contribution in [3.8, 4) is 0 Å². The summed E-state index contributed by atoms with van der Waals surface area (Å²) >= 11 is 6.06. The lowest BCUT2D eigenvalue weighted by molar-refractivity contribution is -0.129. The van der Waals surface area contributed by atoms with Gasteiger partial charge in [0.2, 0.25) is 5.91 Å². The lowest BCUT2D eigenvalue weighted by Crippen LogP contribution is -2.47. The summed E-state index contributed by atoms with van der Waals surface area (Å²) in [6, 6.07) is 4.78. The number of halogens is 1. The second kappa shape index (κ2) is 5.81. The van der Waals surface area contributed by atoms with Crippen LogP contribution in [0.4, 0.5) is 5.69 Å². The minimum absolute atomic E-state index is 0.123. The van der Waals surface area contributed by atoms with Crippen LogP contribution in [0.5, 0.6) is 0 Å². The first-order valence-corrected chi connectivity index (χ1v) is 6.93. The van der Waals surface area contributed by atoms with Crippen molar-refractivity contribution in [3.63, 3.8) is 0 Å². The minimum Gasteiger partial charge on any atom is -0.355 e. The first-order chi connectivity index (χ1) is 9.52. The number of anilines is 1. The molecule has 108 valence electrons. The number of carbonyl (C=O) groups is 2. The van der Waals surface area contributed by atoms with Crippen LogP contribution in [0.1, 0.15) is 29.6 Å².